The molecule has 0 unspecified atom stereocenters. The standard InChI is InChI=1S/C18H22N2O/c1-2-12-19-14-18(21)20-17-11-7-6-10-16(17)13-15-8-4-3-5-9-15/h3-11,19H,2,12-14H2,1H3,(H,20,21). The van der Waals surface area contributed by atoms with E-state index >= 15 is 0 Å². The Morgan fingerprint density at radius 2 is 1.71 bits per heavy atom. The second kappa shape index (κ2) is 8.22. The molecule has 3 nitrogen and oxygen atoms in total. The molecule has 2 N–H and O–H groups in total. The SMILES string of the molecule is CCCNCC(=O)Nc1ccccc1Cc1ccccc1. The minimum Gasteiger partial charge on any atom is -0.325 e. The van der Waals surface area contributed by atoms with Crippen molar-refractivity contribution >= 4 is 11.6 Å². The van der Waals surface area contributed by atoms with Crippen LogP contribution in [0.4, 0.5) is 5.69 Å². The fraction of sp³-hybridized carbons (Fsp3) is 0.278. The molecule has 0 heterocycles. The molecule has 0 bridgehead atoms. The zero-order valence-corrected chi connectivity index (χ0v) is 12.4. The van der Waals surface area contributed by atoms with E-state index in [2.05, 4.69) is 35.8 Å². The molecule has 0 saturated heterocycles. The van der Waals surface area contributed by atoms with E-state index in [1.165, 1.54) is 5.56 Å². The molecule has 21 heavy (non-hydrogen) atoms. The van der Waals surface area contributed by atoms with E-state index in [4.69, 9.17) is 0 Å². The molecule has 3 heteroatoms. The Kier molecular flexibility index (Phi) is 5.98. The van der Waals surface area contributed by atoms with Crippen LogP contribution in [0.1, 0.15) is 24.5 Å². The first-order valence-corrected chi connectivity index (χ1v) is 7.42. The molecule has 0 radical (unpaired) electrons. The largest absolute Gasteiger partial charge is 0.325 e. The summed E-state index contributed by atoms with van der Waals surface area (Å²) in [6.07, 6.45) is 1.84. The van der Waals surface area contributed by atoms with Crippen LogP contribution in [0.25, 0.3) is 0 Å². The Morgan fingerprint density at radius 1 is 1.00 bits per heavy atom. The lowest BCUT2D eigenvalue weighted by molar-refractivity contribution is -0.115. The Bertz CT molecular complexity index is 566. The number of para-hydroxylation sites is 1. The van der Waals surface area contributed by atoms with Crippen molar-refractivity contribution in [2.24, 2.45) is 0 Å². The van der Waals surface area contributed by atoms with Gasteiger partial charge in [-0.1, -0.05) is 55.5 Å². The van der Waals surface area contributed by atoms with Gasteiger partial charge < -0.3 is 10.6 Å². The molecule has 110 valence electrons. The summed E-state index contributed by atoms with van der Waals surface area (Å²) in [7, 11) is 0. The van der Waals surface area contributed by atoms with Gasteiger partial charge in [0.15, 0.2) is 0 Å². The number of carbonyl (C=O) groups is 1. The maximum absolute atomic E-state index is 11.9. The molecule has 0 aromatic heterocycles. The quantitative estimate of drug-likeness (QED) is 0.766. The molecular formula is C18H22N2O. The number of hydrogen-bond acceptors (Lipinski definition) is 2. The van der Waals surface area contributed by atoms with Gasteiger partial charge in [0.1, 0.15) is 0 Å². The van der Waals surface area contributed by atoms with Crippen LogP contribution in [0.15, 0.2) is 54.6 Å². The van der Waals surface area contributed by atoms with Crippen molar-refractivity contribution in [1.82, 2.24) is 5.32 Å². The Balaban J connectivity index is 2.01. The van der Waals surface area contributed by atoms with Gasteiger partial charge in [0, 0.05) is 5.69 Å². The molecule has 0 aliphatic rings. The molecule has 0 atom stereocenters. The van der Waals surface area contributed by atoms with Gasteiger partial charge in [0.2, 0.25) is 5.91 Å². The number of carbonyl (C=O) groups excluding carboxylic acids is 1. The van der Waals surface area contributed by atoms with E-state index < -0.39 is 0 Å². The molecule has 0 aliphatic carbocycles. The molecule has 2 rings (SSSR count). The molecule has 1 amide bonds. The van der Waals surface area contributed by atoms with Crippen molar-refractivity contribution in [1.29, 1.82) is 0 Å². The Morgan fingerprint density at radius 3 is 2.48 bits per heavy atom. The van der Waals surface area contributed by atoms with Gasteiger partial charge in [0.05, 0.1) is 6.54 Å². The molecule has 0 saturated carbocycles. The Labute approximate surface area is 126 Å². The average Bonchev–Trinajstić information content (AvgIpc) is 2.51. The summed E-state index contributed by atoms with van der Waals surface area (Å²) >= 11 is 0. The van der Waals surface area contributed by atoms with Crippen molar-refractivity contribution in [3.63, 3.8) is 0 Å². The normalized spacial score (nSPS) is 10.3. The average molecular weight is 282 g/mol. The molecule has 0 fully saturated rings. The van der Waals surface area contributed by atoms with Gasteiger partial charge in [-0.05, 0) is 36.6 Å². The summed E-state index contributed by atoms with van der Waals surface area (Å²) in [5, 5.41) is 6.10. The smallest absolute Gasteiger partial charge is 0.238 e. The first kappa shape index (κ1) is 15.3. The number of hydrogen-bond donors (Lipinski definition) is 2. The van der Waals surface area contributed by atoms with E-state index in [-0.39, 0.29) is 5.91 Å². The maximum Gasteiger partial charge on any atom is 0.238 e. The van der Waals surface area contributed by atoms with E-state index in [1.807, 2.05) is 36.4 Å². The van der Waals surface area contributed by atoms with Crippen LogP contribution < -0.4 is 10.6 Å². The van der Waals surface area contributed by atoms with E-state index in [0.29, 0.717) is 6.54 Å². The summed E-state index contributed by atoms with van der Waals surface area (Å²) in [6, 6.07) is 18.2. The Hall–Kier alpha value is -2.13. The fourth-order valence-corrected chi connectivity index (χ4v) is 2.19. The predicted octanol–water partition coefficient (Wildman–Crippen LogP) is 3.22. The fourth-order valence-electron chi connectivity index (χ4n) is 2.19. The predicted molar refractivity (Wildman–Crippen MR) is 87.5 cm³/mol. The van der Waals surface area contributed by atoms with Gasteiger partial charge in [0.25, 0.3) is 0 Å². The van der Waals surface area contributed by atoms with Crippen molar-refractivity contribution in [3.05, 3.63) is 65.7 Å². The van der Waals surface area contributed by atoms with Gasteiger partial charge in [-0.3, -0.25) is 4.79 Å². The second-order valence-electron chi connectivity index (χ2n) is 5.04. The van der Waals surface area contributed by atoms with E-state index in [0.717, 1.165) is 30.6 Å². The van der Waals surface area contributed by atoms with Crippen LogP contribution in [-0.2, 0) is 11.2 Å². The van der Waals surface area contributed by atoms with Crippen LogP contribution >= 0.6 is 0 Å². The van der Waals surface area contributed by atoms with Gasteiger partial charge in [-0.2, -0.15) is 0 Å². The van der Waals surface area contributed by atoms with Crippen molar-refractivity contribution in [2.75, 3.05) is 18.4 Å². The number of amides is 1. The summed E-state index contributed by atoms with van der Waals surface area (Å²) in [5.41, 5.74) is 3.26. The minimum absolute atomic E-state index is 0.00367. The summed E-state index contributed by atoms with van der Waals surface area (Å²) in [6.45, 7) is 3.30. The lowest BCUT2D eigenvalue weighted by atomic mass is 10.0. The van der Waals surface area contributed by atoms with E-state index in [1.54, 1.807) is 0 Å². The van der Waals surface area contributed by atoms with E-state index in [9.17, 15) is 4.79 Å². The lowest BCUT2D eigenvalue weighted by Gasteiger charge is -2.11. The highest BCUT2D eigenvalue weighted by molar-refractivity contribution is 5.93. The maximum atomic E-state index is 11.9. The summed E-state index contributed by atoms with van der Waals surface area (Å²) in [4.78, 5) is 11.9. The first-order chi connectivity index (χ1) is 10.3. The number of rotatable bonds is 7. The number of anilines is 1. The van der Waals surface area contributed by atoms with Crippen LogP contribution in [0.2, 0.25) is 0 Å². The molecule has 2 aromatic rings. The lowest BCUT2D eigenvalue weighted by Crippen LogP contribution is -2.28. The summed E-state index contributed by atoms with van der Waals surface area (Å²) < 4.78 is 0. The van der Waals surface area contributed by atoms with Crippen LogP contribution in [0.3, 0.4) is 0 Å². The third kappa shape index (κ3) is 5.04. The van der Waals surface area contributed by atoms with Crippen molar-refractivity contribution in [2.45, 2.75) is 19.8 Å². The van der Waals surface area contributed by atoms with Crippen LogP contribution in [-0.4, -0.2) is 19.0 Å². The van der Waals surface area contributed by atoms with Gasteiger partial charge in [-0.25, -0.2) is 0 Å². The molecule has 0 aliphatic heterocycles. The third-order valence-electron chi connectivity index (χ3n) is 3.24. The topological polar surface area (TPSA) is 41.1 Å². The third-order valence-corrected chi connectivity index (χ3v) is 3.24. The number of nitrogens with one attached hydrogen (secondary N) is 2. The first-order valence-electron chi connectivity index (χ1n) is 7.42. The van der Waals surface area contributed by atoms with Crippen LogP contribution in [0, 0.1) is 0 Å². The highest BCUT2D eigenvalue weighted by Crippen LogP contribution is 2.18. The zero-order valence-electron chi connectivity index (χ0n) is 12.4. The second-order valence-corrected chi connectivity index (χ2v) is 5.04. The number of benzene rings is 2. The molecular weight excluding hydrogens is 260 g/mol. The summed E-state index contributed by atoms with van der Waals surface area (Å²) in [5.74, 6) is 0.00367. The highest BCUT2D eigenvalue weighted by Gasteiger charge is 2.06. The highest BCUT2D eigenvalue weighted by atomic mass is 16.1. The minimum atomic E-state index is 0.00367. The van der Waals surface area contributed by atoms with Gasteiger partial charge >= 0.3 is 0 Å². The van der Waals surface area contributed by atoms with Crippen molar-refractivity contribution < 1.29 is 4.79 Å². The molecule has 2 aromatic carbocycles. The van der Waals surface area contributed by atoms with Crippen LogP contribution in [0.5, 0.6) is 0 Å². The van der Waals surface area contributed by atoms with Gasteiger partial charge in [-0.15, -0.1) is 0 Å². The monoisotopic (exact) mass is 282 g/mol. The molecule has 0 spiro atoms. The van der Waals surface area contributed by atoms with Crippen molar-refractivity contribution in [3.8, 4) is 0 Å². The zero-order chi connectivity index (χ0) is 14.9.